The molecule has 0 atom stereocenters. The quantitative estimate of drug-likeness (QED) is 0.912. The van der Waals surface area contributed by atoms with E-state index in [-0.39, 0.29) is 6.01 Å². The number of hydrogen-bond acceptors (Lipinski definition) is 6. The van der Waals surface area contributed by atoms with E-state index in [0.717, 1.165) is 10.6 Å². The van der Waals surface area contributed by atoms with Crippen LogP contribution in [-0.2, 0) is 6.54 Å². The van der Waals surface area contributed by atoms with E-state index in [1.165, 1.54) is 7.11 Å². The molecule has 0 aliphatic rings. The lowest BCUT2D eigenvalue weighted by Gasteiger charge is -2.18. The molecule has 2 rings (SSSR count). The molecule has 0 saturated carbocycles. The summed E-state index contributed by atoms with van der Waals surface area (Å²) in [7, 11) is 5.18. The third-order valence-electron chi connectivity index (χ3n) is 2.68. The third kappa shape index (κ3) is 3.48. The van der Waals surface area contributed by atoms with E-state index < -0.39 is 0 Å². The minimum Gasteiger partial charge on any atom is -0.467 e. The Balaban J connectivity index is 2.19. The molecule has 7 heteroatoms. The van der Waals surface area contributed by atoms with Crippen LogP contribution in [0, 0.1) is 0 Å². The zero-order valence-corrected chi connectivity index (χ0v) is 12.3. The predicted octanol–water partition coefficient (Wildman–Crippen LogP) is 2.21. The monoisotopic (exact) mass is 293 g/mol. The Morgan fingerprint density at radius 2 is 1.90 bits per heavy atom. The average Bonchev–Trinajstić information content (AvgIpc) is 2.48. The van der Waals surface area contributed by atoms with Crippen LogP contribution in [0.5, 0.6) is 6.01 Å². The van der Waals surface area contributed by atoms with Crippen molar-refractivity contribution in [3.05, 3.63) is 34.9 Å². The van der Waals surface area contributed by atoms with Gasteiger partial charge in [0.2, 0.25) is 11.9 Å². The van der Waals surface area contributed by atoms with Crippen molar-refractivity contribution in [1.29, 1.82) is 0 Å². The van der Waals surface area contributed by atoms with Crippen molar-refractivity contribution in [2.45, 2.75) is 6.54 Å². The fraction of sp³-hybridized carbons (Fsp3) is 0.308. The van der Waals surface area contributed by atoms with E-state index in [1.807, 2.05) is 36.2 Å². The minimum atomic E-state index is 0.280. The van der Waals surface area contributed by atoms with Gasteiger partial charge in [0.25, 0.3) is 0 Å². The number of ether oxygens (including phenoxy) is 1. The lowest BCUT2D eigenvalue weighted by molar-refractivity contribution is 0.379. The molecule has 1 aromatic carbocycles. The van der Waals surface area contributed by atoms with Crippen LogP contribution in [0.25, 0.3) is 0 Å². The first-order valence-electron chi connectivity index (χ1n) is 6.05. The molecule has 1 N–H and O–H groups in total. The van der Waals surface area contributed by atoms with Gasteiger partial charge in [-0.15, -0.1) is 0 Å². The zero-order valence-electron chi connectivity index (χ0n) is 11.6. The van der Waals surface area contributed by atoms with Crippen molar-refractivity contribution in [2.75, 3.05) is 31.4 Å². The summed E-state index contributed by atoms with van der Waals surface area (Å²) in [5.41, 5.74) is 1.11. The fourth-order valence-corrected chi connectivity index (χ4v) is 1.78. The number of anilines is 2. The molecule has 20 heavy (non-hydrogen) atoms. The number of hydrogen-bond donors (Lipinski definition) is 1. The van der Waals surface area contributed by atoms with Gasteiger partial charge in [-0.2, -0.15) is 15.0 Å². The maximum atomic E-state index is 5.87. The number of aromatic nitrogens is 3. The van der Waals surface area contributed by atoms with Gasteiger partial charge < -0.3 is 15.0 Å². The van der Waals surface area contributed by atoms with Crippen LogP contribution in [0.3, 0.4) is 0 Å². The van der Waals surface area contributed by atoms with Gasteiger partial charge in [-0.25, -0.2) is 0 Å². The van der Waals surface area contributed by atoms with E-state index >= 15 is 0 Å². The van der Waals surface area contributed by atoms with Gasteiger partial charge >= 0.3 is 6.01 Å². The molecule has 0 spiro atoms. The summed E-state index contributed by atoms with van der Waals surface area (Å²) in [6.45, 7) is 0.660. The van der Waals surface area contributed by atoms with Gasteiger partial charge in [-0.3, -0.25) is 0 Å². The second-order valence-electron chi connectivity index (χ2n) is 4.18. The first kappa shape index (κ1) is 14.3. The molecule has 0 unspecified atom stereocenters. The minimum absolute atomic E-state index is 0.280. The maximum absolute atomic E-state index is 5.87. The third-order valence-corrected chi connectivity index (χ3v) is 2.94. The summed E-state index contributed by atoms with van der Waals surface area (Å²) in [5, 5.41) is 3.60. The van der Waals surface area contributed by atoms with Crippen molar-refractivity contribution in [3.63, 3.8) is 0 Å². The van der Waals surface area contributed by atoms with Crippen molar-refractivity contribution in [3.8, 4) is 6.01 Å². The lowest BCUT2D eigenvalue weighted by atomic mass is 10.2. The van der Waals surface area contributed by atoms with E-state index in [2.05, 4.69) is 20.3 Å². The number of nitrogens with zero attached hydrogens (tertiary/aromatic N) is 4. The molecule has 6 nitrogen and oxygen atoms in total. The zero-order chi connectivity index (χ0) is 14.5. The van der Waals surface area contributed by atoms with Crippen molar-refractivity contribution in [2.24, 2.45) is 0 Å². The molecular weight excluding hydrogens is 278 g/mol. The van der Waals surface area contributed by atoms with Crippen LogP contribution in [-0.4, -0.2) is 36.2 Å². The van der Waals surface area contributed by atoms with Crippen molar-refractivity contribution in [1.82, 2.24) is 15.0 Å². The largest absolute Gasteiger partial charge is 0.467 e. The van der Waals surface area contributed by atoms with Crippen LogP contribution in [0.1, 0.15) is 5.56 Å². The van der Waals surface area contributed by atoms with E-state index in [4.69, 9.17) is 16.3 Å². The predicted molar refractivity (Wildman–Crippen MR) is 79.5 cm³/mol. The molecule has 0 aliphatic heterocycles. The Bertz CT molecular complexity index is 553. The lowest BCUT2D eigenvalue weighted by Crippen LogP contribution is -2.20. The topological polar surface area (TPSA) is 63.2 Å². The summed E-state index contributed by atoms with van der Waals surface area (Å²) < 4.78 is 5.07. The average molecular weight is 294 g/mol. The Hall–Kier alpha value is -2.08. The summed E-state index contributed by atoms with van der Waals surface area (Å²) in [5.74, 6) is 1.01. The summed E-state index contributed by atoms with van der Waals surface area (Å²) in [6, 6.07) is 7.93. The van der Waals surface area contributed by atoms with Crippen LogP contribution in [0.2, 0.25) is 5.02 Å². The molecule has 0 saturated heterocycles. The second kappa shape index (κ2) is 6.38. The number of methoxy groups -OCH3 is 1. The Morgan fingerprint density at radius 1 is 1.20 bits per heavy atom. The van der Waals surface area contributed by atoms with Crippen LogP contribution >= 0.6 is 11.6 Å². The fourth-order valence-electron chi connectivity index (χ4n) is 1.65. The summed E-state index contributed by atoms with van der Waals surface area (Å²) in [4.78, 5) is 14.5. The van der Waals surface area contributed by atoms with Crippen LogP contribution < -0.4 is 15.0 Å². The Kier molecular flexibility index (Phi) is 4.57. The van der Waals surface area contributed by atoms with Gasteiger partial charge in [0, 0.05) is 25.7 Å². The number of halogens is 1. The maximum Gasteiger partial charge on any atom is 0.322 e. The van der Waals surface area contributed by atoms with Crippen molar-refractivity contribution >= 4 is 23.5 Å². The first-order valence-corrected chi connectivity index (χ1v) is 6.43. The highest BCUT2D eigenvalue weighted by molar-refractivity contribution is 6.30. The standard InChI is InChI=1S/C13H16ClN5O/c1-15-11-16-12(18-13(17-11)20-3)19(2)8-9-4-6-10(14)7-5-9/h4-7H,8H2,1-3H3,(H,15,16,17,18). The summed E-state index contributed by atoms with van der Waals surface area (Å²) in [6.07, 6.45) is 0. The number of rotatable bonds is 5. The van der Waals surface area contributed by atoms with E-state index in [1.54, 1.807) is 7.05 Å². The number of nitrogens with one attached hydrogen (secondary N) is 1. The van der Waals surface area contributed by atoms with Gasteiger partial charge in [-0.05, 0) is 17.7 Å². The Morgan fingerprint density at radius 3 is 2.50 bits per heavy atom. The van der Waals surface area contributed by atoms with Crippen LogP contribution in [0.4, 0.5) is 11.9 Å². The van der Waals surface area contributed by atoms with Gasteiger partial charge in [0.05, 0.1) is 7.11 Å². The normalized spacial score (nSPS) is 10.2. The molecule has 106 valence electrons. The highest BCUT2D eigenvalue weighted by Crippen LogP contribution is 2.16. The molecular formula is C13H16ClN5O. The number of benzene rings is 1. The molecule has 0 bridgehead atoms. The highest BCUT2D eigenvalue weighted by atomic mass is 35.5. The molecule has 0 fully saturated rings. The summed E-state index contributed by atoms with van der Waals surface area (Å²) >= 11 is 5.87. The van der Waals surface area contributed by atoms with Gasteiger partial charge in [-0.1, -0.05) is 23.7 Å². The molecule has 2 aromatic rings. The molecule has 1 aromatic heterocycles. The van der Waals surface area contributed by atoms with Gasteiger partial charge in [0.1, 0.15) is 0 Å². The molecule has 0 radical (unpaired) electrons. The second-order valence-corrected chi connectivity index (χ2v) is 4.61. The molecule has 1 heterocycles. The molecule has 0 amide bonds. The Labute approximate surface area is 122 Å². The van der Waals surface area contributed by atoms with E-state index in [9.17, 15) is 0 Å². The highest BCUT2D eigenvalue weighted by Gasteiger charge is 2.10. The molecule has 0 aliphatic carbocycles. The SMILES string of the molecule is CNc1nc(OC)nc(N(C)Cc2ccc(Cl)cc2)n1. The first-order chi connectivity index (χ1) is 9.62. The van der Waals surface area contributed by atoms with E-state index in [0.29, 0.717) is 18.4 Å². The smallest absolute Gasteiger partial charge is 0.322 e. The van der Waals surface area contributed by atoms with Crippen molar-refractivity contribution < 1.29 is 4.74 Å². The van der Waals surface area contributed by atoms with Crippen LogP contribution in [0.15, 0.2) is 24.3 Å². The van der Waals surface area contributed by atoms with Gasteiger partial charge in [0.15, 0.2) is 0 Å².